The molecule has 0 aliphatic heterocycles. The Morgan fingerprint density at radius 2 is 2.08 bits per heavy atom. The molecule has 0 amide bonds. The van der Waals surface area contributed by atoms with Gasteiger partial charge in [0, 0.05) is 0 Å². The third kappa shape index (κ3) is 9.23. The van der Waals surface area contributed by atoms with Gasteiger partial charge in [-0.05, 0) is 13.8 Å². The molecule has 0 N–H and O–H groups in total. The molecular formula is C7H14ClNO3. The summed E-state index contributed by atoms with van der Waals surface area (Å²) in [5, 5.41) is 3.49. The fourth-order valence-corrected chi connectivity index (χ4v) is 0.459. The van der Waals surface area contributed by atoms with Gasteiger partial charge in [-0.2, -0.15) is 0 Å². The molecule has 0 aromatic rings. The second-order valence-electron chi connectivity index (χ2n) is 1.71. The number of rotatable bonds is 5. The van der Waals surface area contributed by atoms with E-state index in [9.17, 15) is 4.79 Å². The monoisotopic (exact) mass is 195 g/mol. The van der Waals surface area contributed by atoms with Gasteiger partial charge < -0.3 is 9.57 Å². The molecule has 12 heavy (non-hydrogen) atoms. The van der Waals surface area contributed by atoms with Crippen molar-refractivity contribution in [3.8, 4) is 0 Å². The van der Waals surface area contributed by atoms with Crippen molar-refractivity contribution in [3.63, 3.8) is 0 Å². The van der Waals surface area contributed by atoms with E-state index in [-0.39, 0.29) is 24.8 Å². The standard InChI is InChI=1S/C7H13NO3.ClH/c1-3-10-7(9)5-6-8-11-4-2;/h6H,3-5H2,1-2H3;1H. The van der Waals surface area contributed by atoms with Crippen LogP contribution in [0.25, 0.3) is 0 Å². The number of ether oxygens (including phenoxy) is 1. The van der Waals surface area contributed by atoms with Crippen molar-refractivity contribution in [1.29, 1.82) is 0 Å². The van der Waals surface area contributed by atoms with E-state index in [0.29, 0.717) is 13.2 Å². The van der Waals surface area contributed by atoms with E-state index in [2.05, 4.69) is 14.7 Å². The SMILES string of the molecule is CCON=CCC(=O)OCC.Cl. The Balaban J connectivity index is 0. The molecule has 4 nitrogen and oxygen atoms in total. The molecule has 0 unspecified atom stereocenters. The lowest BCUT2D eigenvalue weighted by Gasteiger charge is -1.95. The maximum atomic E-state index is 10.6. The molecule has 0 radical (unpaired) electrons. The highest BCUT2D eigenvalue weighted by atomic mass is 35.5. The fraction of sp³-hybridized carbons (Fsp3) is 0.714. The molecular weight excluding hydrogens is 182 g/mol. The first kappa shape index (κ1) is 13.8. The summed E-state index contributed by atoms with van der Waals surface area (Å²) in [4.78, 5) is 15.3. The van der Waals surface area contributed by atoms with Crippen molar-refractivity contribution in [3.05, 3.63) is 0 Å². The van der Waals surface area contributed by atoms with Crippen LogP contribution in [0.15, 0.2) is 5.16 Å². The third-order valence-electron chi connectivity index (χ3n) is 0.841. The molecule has 0 aliphatic carbocycles. The summed E-state index contributed by atoms with van der Waals surface area (Å²) < 4.78 is 4.64. The zero-order chi connectivity index (χ0) is 8.53. The summed E-state index contributed by atoms with van der Waals surface area (Å²) in [6, 6.07) is 0. The van der Waals surface area contributed by atoms with Gasteiger partial charge in [0.05, 0.1) is 19.2 Å². The van der Waals surface area contributed by atoms with E-state index >= 15 is 0 Å². The number of carbonyl (C=O) groups is 1. The molecule has 0 bridgehead atoms. The number of carbonyl (C=O) groups excluding carboxylic acids is 1. The maximum absolute atomic E-state index is 10.6. The van der Waals surface area contributed by atoms with E-state index in [4.69, 9.17) is 0 Å². The number of esters is 1. The molecule has 0 aliphatic rings. The van der Waals surface area contributed by atoms with Crippen LogP contribution in [0.3, 0.4) is 0 Å². The first-order chi connectivity index (χ1) is 5.31. The van der Waals surface area contributed by atoms with Crippen LogP contribution in [0, 0.1) is 0 Å². The molecule has 0 spiro atoms. The molecule has 0 fully saturated rings. The van der Waals surface area contributed by atoms with Crippen molar-refractivity contribution in [2.24, 2.45) is 5.16 Å². The Morgan fingerprint density at radius 3 is 2.58 bits per heavy atom. The summed E-state index contributed by atoms with van der Waals surface area (Å²) in [7, 11) is 0. The first-order valence-corrected chi connectivity index (χ1v) is 3.60. The van der Waals surface area contributed by atoms with E-state index in [1.807, 2.05) is 6.92 Å². The summed E-state index contributed by atoms with van der Waals surface area (Å²) >= 11 is 0. The lowest BCUT2D eigenvalue weighted by atomic mass is 10.5. The summed E-state index contributed by atoms with van der Waals surface area (Å²) in [5.74, 6) is -0.282. The minimum atomic E-state index is -0.282. The second-order valence-corrected chi connectivity index (χ2v) is 1.71. The van der Waals surface area contributed by atoms with E-state index in [1.54, 1.807) is 6.92 Å². The quantitative estimate of drug-likeness (QED) is 0.378. The van der Waals surface area contributed by atoms with Gasteiger partial charge >= 0.3 is 5.97 Å². The maximum Gasteiger partial charge on any atom is 0.311 e. The van der Waals surface area contributed by atoms with Crippen LogP contribution in [0.5, 0.6) is 0 Å². The molecule has 5 heteroatoms. The van der Waals surface area contributed by atoms with E-state index in [1.165, 1.54) is 6.21 Å². The van der Waals surface area contributed by atoms with Gasteiger partial charge in [0.25, 0.3) is 0 Å². The van der Waals surface area contributed by atoms with Crippen molar-refractivity contribution >= 4 is 24.6 Å². The van der Waals surface area contributed by atoms with E-state index < -0.39 is 0 Å². The molecule has 0 rings (SSSR count). The van der Waals surface area contributed by atoms with Crippen LogP contribution in [-0.2, 0) is 14.4 Å². The lowest BCUT2D eigenvalue weighted by Crippen LogP contribution is -2.03. The average molecular weight is 196 g/mol. The van der Waals surface area contributed by atoms with E-state index in [0.717, 1.165) is 0 Å². The highest BCUT2D eigenvalue weighted by Crippen LogP contribution is 1.83. The van der Waals surface area contributed by atoms with Crippen molar-refractivity contribution in [1.82, 2.24) is 0 Å². The average Bonchev–Trinajstić information content (AvgIpc) is 1.99. The van der Waals surface area contributed by atoms with Gasteiger partial charge in [0.15, 0.2) is 0 Å². The lowest BCUT2D eigenvalue weighted by molar-refractivity contribution is -0.141. The Morgan fingerprint density at radius 1 is 1.42 bits per heavy atom. The van der Waals surface area contributed by atoms with Crippen LogP contribution in [0.2, 0.25) is 0 Å². The highest BCUT2D eigenvalue weighted by molar-refractivity contribution is 5.85. The summed E-state index contributed by atoms with van der Waals surface area (Å²) in [6.45, 7) is 4.50. The summed E-state index contributed by atoms with van der Waals surface area (Å²) in [5.41, 5.74) is 0. The van der Waals surface area contributed by atoms with Crippen LogP contribution < -0.4 is 0 Å². The molecule has 0 saturated carbocycles. The van der Waals surface area contributed by atoms with Crippen molar-refractivity contribution in [2.75, 3.05) is 13.2 Å². The molecule has 0 heterocycles. The zero-order valence-corrected chi connectivity index (χ0v) is 8.10. The van der Waals surface area contributed by atoms with Gasteiger partial charge in [-0.3, -0.25) is 4.79 Å². The Labute approximate surface area is 78.3 Å². The molecule has 0 aromatic heterocycles. The van der Waals surface area contributed by atoms with Crippen LogP contribution >= 0.6 is 12.4 Å². The predicted octanol–water partition coefficient (Wildman–Crippen LogP) is 1.38. The topological polar surface area (TPSA) is 47.9 Å². The molecule has 0 saturated heterocycles. The molecule has 0 atom stereocenters. The van der Waals surface area contributed by atoms with Crippen LogP contribution in [-0.4, -0.2) is 25.4 Å². The first-order valence-electron chi connectivity index (χ1n) is 3.60. The van der Waals surface area contributed by atoms with Gasteiger partial charge in [0.2, 0.25) is 0 Å². The largest absolute Gasteiger partial charge is 0.466 e. The van der Waals surface area contributed by atoms with Gasteiger partial charge in [-0.25, -0.2) is 0 Å². The van der Waals surface area contributed by atoms with Gasteiger partial charge in [-0.15, -0.1) is 12.4 Å². The smallest absolute Gasteiger partial charge is 0.311 e. The predicted molar refractivity (Wildman–Crippen MR) is 48.6 cm³/mol. The van der Waals surface area contributed by atoms with Crippen LogP contribution in [0.4, 0.5) is 0 Å². The minimum Gasteiger partial charge on any atom is -0.466 e. The number of hydrogen-bond donors (Lipinski definition) is 0. The van der Waals surface area contributed by atoms with Gasteiger partial charge in [0.1, 0.15) is 6.61 Å². The van der Waals surface area contributed by atoms with Crippen LogP contribution in [0.1, 0.15) is 20.3 Å². The van der Waals surface area contributed by atoms with Crippen molar-refractivity contribution in [2.45, 2.75) is 20.3 Å². The third-order valence-corrected chi connectivity index (χ3v) is 0.841. The number of nitrogens with zero attached hydrogens (tertiary/aromatic N) is 1. The number of oxime groups is 1. The highest BCUT2D eigenvalue weighted by Gasteiger charge is 1.96. The molecule has 0 aromatic carbocycles. The Bertz CT molecular complexity index is 139. The summed E-state index contributed by atoms with van der Waals surface area (Å²) in [6.07, 6.45) is 1.56. The fourth-order valence-electron chi connectivity index (χ4n) is 0.459. The van der Waals surface area contributed by atoms with Gasteiger partial charge in [-0.1, -0.05) is 5.16 Å². The normalized spacial score (nSPS) is 9.17. The van der Waals surface area contributed by atoms with Crippen molar-refractivity contribution < 1.29 is 14.4 Å². The molecule has 72 valence electrons. The Hall–Kier alpha value is -0.770. The number of halogens is 1. The second kappa shape index (κ2) is 10.2. The zero-order valence-electron chi connectivity index (χ0n) is 7.28. The number of hydrogen-bond acceptors (Lipinski definition) is 4. The Kier molecular flexibility index (Phi) is 11.8. The minimum absolute atomic E-state index is 0.